The highest BCUT2D eigenvalue weighted by atomic mass is 35.5. The van der Waals surface area contributed by atoms with Crippen molar-refractivity contribution in [2.75, 3.05) is 7.11 Å². The van der Waals surface area contributed by atoms with Gasteiger partial charge in [-0.1, -0.05) is 48.0 Å². The van der Waals surface area contributed by atoms with Gasteiger partial charge in [0.25, 0.3) is 5.56 Å². The second-order valence-electron chi connectivity index (χ2n) is 7.01. The monoisotopic (exact) mass is 452 g/mol. The molecule has 0 aliphatic carbocycles. The van der Waals surface area contributed by atoms with Gasteiger partial charge in [-0.05, 0) is 29.1 Å². The van der Waals surface area contributed by atoms with Gasteiger partial charge >= 0.3 is 5.69 Å². The predicted molar refractivity (Wildman–Crippen MR) is 122 cm³/mol. The molecule has 0 N–H and O–H groups in total. The molecule has 0 atom stereocenters. The highest BCUT2D eigenvalue weighted by Gasteiger charge is 2.19. The molecule has 0 spiro atoms. The molecule has 0 saturated carbocycles. The second kappa shape index (κ2) is 7.72. The van der Waals surface area contributed by atoms with Gasteiger partial charge < -0.3 is 4.74 Å². The molecule has 0 radical (unpaired) electrons. The average Bonchev–Trinajstić information content (AvgIpc) is 3.38. The van der Waals surface area contributed by atoms with Crippen molar-refractivity contribution < 1.29 is 4.74 Å². The summed E-state index contributed by atoms with van der Waals surface area (Å²) >= 11 is 7.59. The van der Waals surface area contributed by atoms with Crippen LogP contribution < -0.4 is 16.0 Å². The number of nitrogens with zero attached hydrogens (tertiary/aromatic N) is 4. The number of fused-ring (bicyclic) bond motifs is 3. The van der Waals surface area contributed by atoms with Gasteiger partial charge in [0.2, 0.25) is 5.78 Å². The van der Waals surface area contributed by atoms with Gasteiger partial charge in [0.05, 0.1) is 25.7 Å². The molecule has 0 fully saturated rings. The van der Waals surface area contributed by atoms with E-state index in [1.807, 2.05) is 42.5 Å². The van der Waals surface area contributed by atoms with Crippen LogP contribution in [-0.2, 0) is 13.1 Å². The van der Waals surface area contributed by atoms with Gasteiger partial charge in [0.15, 0.2) is 0 Å². The summed E-state index contributed by atoms with van der Waals surface area (Å²) in [6.07, 6.45) is 0. The Bertz CT molecular complexity index is 1550. The molecule has 0 amide bonds. The molecule has 0 bridgehead atoms. The van der Waals surface area contributed by atoms with E-state index in [0.717, 1.165) is 11.1 Å². The molecule has 3 aromatic heterocycles. The van der Waals surface area contributed by atoms with Crippen molar-refractivity contribution in [2.45, 2.75) is 13.1 Å². The summed E-state index contributed by atoms with van der Waals surface area (Å²) < 4.78 is 10.3. The molecule has 5 aromatic rings. The van der Waals surface area contributed by atoms with Crippen LogP contribution in [0.1, 0.15) is 11.1 Å². The average molecular weight is 453 g/mol. The van der Waals surface area contributed by atoms with Gasteiger partial charge in [-0.15, -0.1) is 16.4 Å². The maximum atomic E-state index is 13.3. The van der Waals surface area contributed by atoms with Gasteiger partial charge in [-0.25, -0.2) is 13.9 Å². The molecular formula is C22H17ClN4O3S. The number of benzene rings is 2. The first kappa shape index (κ1) is 19.6. The van der Waals surface area contributed by atoms with Crippen molar-refractivity contribution in [3.63, 3.8) is 0 Å². The minimum absolute atomic E-state index is 0.196. The third-order valence-corrected chi connectivity index (χ3v) is 6.45. The molecule has 3 heterocycles. The van der Waals surface area contributed by atoms with E-state index in [1.165, 1.54) is 25.0 Å². The maximum absolute atomic E-state index is 13.3. The van der Waals surface area contributed by atoms with E-state index in [4.69, 9.17) is 16.3 Å². The van der Waals surface area contributed by atoms with Crippen LogP contribution in [0.25, 0.3) is 16.0 Å². The number of para-hydroxylation sites is 1. The molecule has 9 heteroatoms. The Balaban J connectivity index is 1.75. The number of aromatic nitrogens is 4. The summed E-state index contributed by atoms with van der Waals surface area (Å²) in [6, 6.07) is 16.5. The highest BCUT2D eigenvalue weighted by molar-refractivity contribution is 7.17. The number of methoxy groups -OCH3 is 1. The predicted octanol–water partition coefficient (Wildman–Crippen LogP) is 3.63. The van der Waals surface area contributed by atoms with E-state index in [2.05, 4.69) is 5.10 Å². The Kier molecular flexibility index (Phi) is 4.88. The summed E-state index contributed by atoms with van der Waals surface area (Å²) in [6.45, 7) is 0.428. The van der Waals surface area contributed by atoms with E-state index < -0.39 is 0 Å². The highest BCUT2D eigenvalue weighted by Crippen LogP contribution is 2.22. The lowest BCUT2D eigenvalue weighted by Gasteiger charge is -2.11. The summed E-state index contributed by atoms with van der Waals surface area (Å²) in [7, 11) is 1.59. The fraction of sp³-hybridized carbons (Fsp3) is 0.136. The van der Waals surface area contributed by atoms with Gasteiger partial charge in [0.1, 0.15) is 10.4 Å². The third-order valence-electron chi connectivity index (χ3n) is 5.19. The molecule has 7 nitrogen and oxygen atoms in total. The smallest absolute Gasteiger partial charge is 0.352 e. The van der Waals surface area contributed by atoms with E-state index in [0.29, 0.717) is 21.0 Å². The Morgan fingerprint density at radius 1 is 1.00 bits per heavy atom. The van der Waals surface area contributed by atoms with Gasteiger partial charge in [-0.2, -0.15) is 0 Å². The summed E-state index contributed by atoms with van der Waals surface area (Å²) in [5, 5.41) is 6.88. The van der Waals surface area contributed by atoms with Crippen molar-refractivity contribution in [1.29, 1.82) is 0 Å². The number of hydrogen-bond donors (Lipinski definition) is 0. The molecule has 2 aromatic carbocycles. The lowest BCUT2D eigenvalue weighted by Crippen LogP contribution is -2.26. The summed E-state index contributed by atoms with van der Waals surface area (Å²) in [5.74, 6) is 0.940. The SMILES string of the molecule is COc1ccccc1Cn1c(=O)c2sccc2n2c(=O)n(Cc3ccccc3Cl)nc12. The maximum Gasteiger partial charge on any atom is 0.352 e. The Morgan fingerprint density at radius 3 is 2.52 bits per heavy atom. The number of hydrogen-bond acceptors (Lipinski definition) is 5. The first-order chi connectivity index (χ1) is 15.1. The van der Waals surface area contributed by atoms with Crippen LogP contribution in [-0.4, -0.2) is 25.9 Å². The van der Waals surface area contributed by atoms with Crippen LogP contribution in [0.5, 0.6) is 5.75 Å². The Hall–Kier alpha value is -3.36. The molecule has 0 saturated heterocycles. The van der Waals surface area contributed by atoms with Gasteiger partial charge in [-0.3, -0.25) is 9.36 Å². The molecular weight excluding hydrogens is 436 g/mol. The van der Waals surface area contributed by atoms with Crippen molar-refractivity contribution >= 4 is 38.9 Å². The van der Waals surface area contributed by atoms with Crippen molar-refractivity contribution in [3.05, 3.63) is 97.0 Å². The van der Waals surface area contributed by atoms with Crippen LogP contribution in [0, 0.1) is 0 Å². The Morgan fingerprint density at radius 2 is 1.74 bits per heavy atom. The molecule has 156 valence electrons. The minimum atomic E-state index is -0.327. The molecule has 31 heavy (non-hydrogen) atoms. The number of ether oxygens (including phenoxy) is 1. The van der Waals surface area contributed by atoms with E-state index in [1.54, 1.807) is 24.6 Å². The molecule has 0 unspecified atom stereocenters. The van der Waals surface area contributed by atoms with Crippen LogP contribution in [0.15, 0.2) is 69.6 Å². The first-order valence-corrected chi connectivity index (χ1v) is 10.8. The number of halogens is 1. The lowest BCUT2D eigenvalue weighted by atomic mass is 10.2. The summed E-state index contributed by atoms with van der Waals surface area (Å²) in [5.41, 5.74) is 1.62. The molecule has 0 aliphatic heterocycles. The van der Waals surface area contributed by atoms with Crippen LogP contribution in [0.2, 0.25) is 5.02 Å². The Labute approximate surface area is 185 Å². The number of rotatable bonds is 5. The molecule has 0 aliphatic rings. The fourth-order valence-corrected chi connectivity index (χ4v) is 4.69. The molecule has 5 rings (SSSR count). The number of thiophene rings is 1. The largest absolute Gasteiger partial charge is 0.496 e. The van der Waals surface area contributed by atoms with E-state index in [9.17, 15) is 9.59 Å². The fourth-order valence-electron chi connectivity index (χ4n) is 3.67. The van der Waals surface area contributed by atoms with E-state index in [-0.39, 0.29) is 30.1 Å². The zero-order chi connectivity index (χ0) is 21.5. The lowest BCUT2D eigenvalue weighted by molar-refractivity contribution is 0.408. The standard InChI is InChI=1S/C22H17ClN4O3S/c1-30-18-9-5-3-7-15(18)12-25-20(28)19-17(10-11-31-19)27-21(25)24-26(22(27)29)13-14-6-2-4-8-16(14)23/h2-11H,12-13H2,1H3. The topological polar surface area (TPSA) is 70.5 Å². The second-order valence-corrected chi connectivity index (χ2v) is 8.33. The zero-order valence-electron chi connectivity index (χ0n) is 16.5. The van der Waals surface area contributed by atoms with Crippen molar-refractivity contribution in [3.8, 4) is 5.75 Å². The van der Waals surface area contributed by atoms with Crippen LogP contribution in [0.3, 0.4) is 0 Å². The third kappa shape index (κ3) is 3.24. The summed E-state index contributed by atoms with van der Waals surface area (Å²) in [4.78, 5) is 26.6. The van der Waals surface area contributed by atoms with E-state index >= 15 is 0 Å². The van der Waals surface area contributed by atoms with Crippen molar-refractivity contribution in [2.24, 2.45) is 0 Å². The quantitative estimate of drug-likeness (QED) is 0.408. The first-order valence-electron chi connectivity index (χ1n) is 9.53. The minimum Gasteiger partial charge on any atom is -0.496 e. The van der Waals surface area contributed by atoms with Crippen LogP contribution in [0.4, 0.5) is 0 Å². The van der Waals surface area contributed by atoms with Crippen LogP contribution >= 0.6 is 22.9 Å². The van der Waals surface area contributed by atoms with Gasteiger partial charge in [0, 0.05) is 10.6 Å². The normalized spacial score (nSPS) is 11.4. The van der Waals surface area contributed by atoms with Crippen molar-refractivity contribution in [1.82, 2.24) is 18.7 Å². The zero-order valence-corrected chi connectivity index (χ0v) is 18.1.